The molecular formula is C8H6FO2. The molecule has 1 aromatic rings. The van der Waals surface area contributed by atoms with Crippen molar-refractivity contribution in [2.45, 2.75) is 0 Å². The van der Waals surface area contributed by atoms with Crippen LogP contribution in [0.25, 0.3) is 0 Å². The van der Waals surface area contributed by atoms with Gasteiger partial charge < -0.3 is 5.11 Å². The van der Waals surface area contributed by atoms with Crippen LogP contribution in [0, 0.1) is 12.7 Å². The molecule has 0 fully saturated rings. The maximum absolute atomic E-state index is 12.6. The molecule has 0 saturated heterocycles. The standard InChI is InChI=1S/C8H6FO2/c1-5-2-6(4-10)8(11)7(9)3-5/h2-4,11H,1H2. The molecule has 0 unspecified atom stereocenters. The quantitative estimate of drug-likeness (QED) is 0.621. The smallest absolute Gasteiger partial charge is 0.165 e. The van der Waals surface area contributed by atoms with Gasteiger partial charge in [0.05, 0.1) is 5.56 Å². The number of carbonyl (C=O) groups excluding carboxylic acids is 1. The van der Waals surface area contributed by atoms with E-state index in [4.69, 9.17) is 5.11 Å². The lowest BCUT2D eigenvalue weighted by atomic mass is 10.1. The number of benzene rings is 1. The van der Waals surface area contributed by atoms with Gasteiger partial charge in [-0.2, -0.15) is 0 Å². The van der Waals surface area contributed by atoms with E-state index >= 15 is 0 Å². The summed E-state index contributed by atoms with van der Waals surface area (Å²) in [7, 11) is 0. The third-order valence-corrected chi connectivity index (χ3v) is 1.28. The molecule has 0 atom stereocenters. The van der Waals surface area contributed by atoms with E-state index in [-0.39, 0.29) is 5.56 Å². The Balaban J connectivity index is 3.35. The van der Waals surface area contributed by atoms with E-state index in [1.165, 1.54) is 6.07 Å². The molecule has 0 saturated carbocycles. The maximum Gasteiger partial charge on any atom is 0.165 e. The van der Waals surface area contributed by atoms with Crippen LogP contribution < -0.4 is 0 Å². The van der Waals surface area contributed by atoms with E-state index in [0.717, 1.165) is 6.07 Å². The molecule has 0 aliphatic rings. The minimum Gasteiger partial charge on any atom is -0.504 e. The summed E-state index contributed by atoms with van der Waals surface area (Å²) in [5, 5.41) is 8.89. The van der Waals surface area contributed by atoms with E-state index < -0.39 is 11.6 Å². The average molecular weight is 153 g/mol. The zero-order chi connectivity index (χ0) is 8.43. The summed E-state index contributed by atoms with van der Waals surface area (Å²) >= 11 is 0. The van der Waals surface area contributed by atoms with Gasteiger partial charge in [0.2, 0.25) is 0 Å². The van der Waals surface area contributed by atoms with Gasteiger partial charge in [-0.15, -0.1) is 0 Å². The maximum atomic E-state index is 12.6. The first-order chi connectivity index (χ1) is 5.15. The number of hydrogen-bond acceptors (Lipinski definition) is 2. The zero-order valence-corrected chi connectivity index (χ0v) is 5.67. The number of aromatic hydroxyl groups is 1. The third kappa shape index (κ3) is 1.37. The van der Waals surface area contributed by atoms with Crippen LogP contribution in [0.15, 0.2) is 12.1 Å². The molecule has 3 heteroatoms. The van der Waals surface area contributed by atoms with Gasteiger partial charge in [0.15, 0.2) is 17.9 Å². The van der Waals surface area contributed by atoms with Gasteiger partial charge in [0, 0.05) is 0 Å². The molecular weight excluding hydrogens is 147 g/mol. The molecule has 0 spiro atoms. The van der Waals surface area contributed by atoms with Gasteiger partial charge in [-0.1, -0.05) is 0 Å². The molecule has 0 amide bonds. The van der Waals surface area contributed by atoms with Crippen LogP contribution in [0.5, 0.6) is 5.75 Å². The van der Waals surface area contributed by atoms with Crippen molar-refractivity contribution in [2.75, 3.05) is 0 Å². The first kappa shape index (κ1) is 7.72. The van der Waals surface area contributed by atoms with Crippen LogP contribution in [-0.2, 0) is 0 Å². The fourth-order valence-corrected chi connectivity index (χ4v) is 0.769. The molecule has 1 N–H and O–H groups in total. The summed E-state index contributed by atoms with van der Waals surface area (Å²) in [5.74, 6) is -1.44. The summed E-state index contributed by atoms with van der Waals surface area (Å²) in [5.41, 5.74) is 0.289. The number of aldehydes is 1. The molecule has 0 bridgehead atoms. The predicted molar refractivity (Wildman–Crippen MR) is 37.9 cm³/mol. The fourth-order valence-electron chi connectivity index (χ4n) is 0.769. The van der Waals surface area contributed by atoms with Crippen LogP contribution in [0.3, 0.4) is 0 Å². The lowest BCUT2D eigenvalue weighted by Gasteiger charge is -1.99. The Hall–Kier alpha value is -1.38. The number of phenolic OH excluding ortho intramolecular Hbond substituents is 1. The molecule has 1 aromatic carbocycles. The van der Waals surface area contributed by atoms with E-state index in [1.54, 1.807) is 0 Å². The molecule has 0 heterocycles. The Kier molecular flexibility index (Phi) is 1.89. The first-order valence-corrected chi connectivity index (χ1v) is 2.95. The molecule has 0 aromatic heterocycles. The Morgan fingerprint density at radius 3 is 2.73 bits per heavy atom. The fraction of sp³-hybridized carbons (Fsp3) is 0. The van der Waals surface area contributed by atoms with Gasteiger partial charge in [0.1, 0.15) is 0 Å². The number of carbonyl (C=O) groups is 1. The van der Waals surface area contributed by atoms with Crippen molar-refractivity contribution >= 4 is 6.29 Å². The topological polar surface area (TPSA) is 37.3 Å². The number of phenols is 1. The normalized spacial score (nSPS) is 9.64. The van der Waals surface area contributed by atoms with Crippen molar-refractivity contribution in [3.05, 3.63) is 36.0 Å². The van der Waals surface area contributed by atoms with Gasteiger partial charge in [-0.25, -0.2) is 4.39 Å². The van der Waals surface area contributed by atoms with E-state index in [9.17, 15) is 9.18 Å². The second-order valence-electron chi connectivity index (χ2n) is 2.13. The van der Waals surface area contributed by atoms with Crippen molar-refractivity contribution in [3.8, 4) is 5.75 Å². The van der Waals surface area contributed by atoms with Crippen molar-refractivity contribution < 1.29 is 14.3 Å². The number of rotatable bonds is 1. The predicted octanol–water partition coefficient (Wildman–Crippen LogP) is 1.53. The Morgan fingerprint density at radius 2 is 2.18 bits per heavy atom. The second-order valence-corrected chi connectivity index (χ2v) is 2.13. The number of halogens is 1. The van der Waals surface area contributed by atoms with Crippen LogP contribution in [0.1, 0.15) is 15.9 Å². The Bertz CT molecular complexity index is 294. The molecule has 0 aliphatic heterocycles. The molecule has 1 rings (SSSR count). The highest BCUT2D eigenvalue weighted by Gasteiger charge is 2.06. The van der Waals surface area contributed by atoms with E-state index in [0.29, 0.717) is 11.8 Å². The van der Waals surface area contributed by atoms with Crippen LogP contribution in [-0.4, -0.2) is 11.4 Å². The van der Waals surface area contributed by atoms with Crippen molar-refractivity contribution in [1.29, 1.82) is 0 Å². The largest absolute Gasteiger partial charge is 0.504 e. The van der Waals surface area contributed by atoms with Crippen molar-refractivity contribution in [1.82, 2.24) is 0 Å². The molecule has 0 aliphatic carbocycles. The van der Waals surface area contributed by atoms with Crippen LogP contribution in [0.2, 0.25) is 0 Å². The Labute approximate surface area is 63.3 Å². The minimum atomic E-state index is -0.820. The van der Waals surface area contributed by atoms with Crippen molar-refractivity contribution in [3.63, 3.8) is 0 Å². The summed E-state index contributed by atoms with van der Waals surface area (Å²) in [6.45, 7) is 3.42. The van der Waals surface area contributed by atoms with Gasteiger partial charge in [-0.3, -0.25) is 4.79 Å². The third-order valence-electron chi connectivity index (χ3n) is 1.28. The second kappa shape index (κ2) is 2.70. The monoisotopic (exact) mass is 153 g/mol. The molecule has 57 valence electrons. The highest BCUT2D eigenvalue weighted by molar-refractivity contribution is 5.79. The van der Waals surface area contributed by atoms with Gasteiger partial charge >= 0.3 is 0 Å². The molecule has 1 radical (unpaired) electrons. The average Bonchev–Trinajstić information content (AvgIpc) is 1.96. The van der Waals surface area contributed by atoms with Crippen LogP contribution in [0.4, 0.5) is 4.39 Å². The first-order valence-electron chi connectivity index (χ1n) is 2.95. The number of hydrogen-bond donors (Lipinski definition) is 1. The minimum absolute atomic E-state index is 0.0741. The molecule has 11 heavy (non-hydrogen) atoms. The lowest BCUT2D eigenvalue weighted by molar-refractivity contribution is 0.112. The van der Waals surface area contributed by atoms with Crippen molar-refractivity contribution in [2.24, 2.45) is 0 Å². The van der Waals surface area contributed by atoms with Crippen LogP contribution >= 0.6 is 0 Å². The van der Waals surface area contributed by atoms with E-state index in [1.807, 2.05) is 0 Å². The summed E-state index contributed by atoms with van der Waals surface area (Å²) in [4.78, 5) is 10.2. The SMILES string of the molecule is [CH2]c1cc(F)c(O)c(C=O)c1. The Morgan fingerprint density at radius 1 is 1.55 bits per heavy atom. The summed E-state index contributed by atoms with van der Waals surface area (Å²) in [6, 6.07) is 2.37. The van der Waals surface area contributed by atoms with Gasteiger partial charge in [0.25, 0.3) is 0 Å². The zero-order valence-electron chi connectivity index (χ0n) is 5.67. The lowest BCUT2D eigenvalue weighted by Crippen LogP contribution is -1.87. The highest BCUT2D eigenvalue weighted by Crippen LogP contribution is 2.20. The molecule has 2 nitrogen and oxygen atoms in total. The van der Waals surface area contributed by atoms with Gasteiger partial charge in [-0.05, 0) is 24.6 Å². The summed E-state index contributed by atoms with van der Waals surface area (Å²) < 4.78 is 12.6. The highest BCUT2D eigenvalue weighted by atomic mass is 19.1. The van der Waals surface area contributed by atoms with E-state index in [2.05, 4.69) is 6.92 Å². The summed E-state index contributed by atoms with van der Waals surface area (Å²) in [6.07, 6.45) is 0.382.